The number of hydrogen-bond acceptors (Lipinski definition) is 2. The molecule has 128 valence electrons. The van der Waals surface area contributed by atoms with Crippen LogP contribution in [0, 0.1) is 11.3 Å². The van der Waals surface area contributed by atoms with Gasteiger partial charge in [-0.1, -0.05) is 32.9 Å². The topological polar surface area (TPSA) is 46.5 Å². The van der Waals surface area contributed by atoms with E-state index in [2.05, 4.69) is 20.8 Å². The van der Waals surface area contributed by atoms with Crippen molar-refractivity contribution in [2.24, 2.45) is 11.3 Å². The maximum absolute atomic E-state index is 11.0. The van der Waals surface area contributed by atoms with Gasteiger partial charge in [-0.25, -0.2) is 4.79 Å². The molecule has 0 aromatic heterocycles. The highest BCUT2D eigenvalue weighted by Gasteiger charge is 2.30. The van der Waals surface area contributed by atoms with Crippen LogP contribution in [0.15, 0.2) is 36.4 Å². The molecule has 1 aliphatic rings. The van der Waals surface area contributed by atoms with Gasteiger partial charge in [-0.15, -0.1) is 0 Å². The van der Waals surface area contributed by atoms with Crippen LogP contribution in [0.5, 0.6) is 5.75 Å². The third-order valence-corrected chi connectivity index (χ3v) is 5.26. The Morgan fingerprint density at radius 3 is 2.25 bits per heavy atom. The predicted octanol–water partition coefficient (Wildman–Crippen LogP) is 5.52. The first-order chi connectivity index (χ1) is 11.3. The zero-order chi connectivity index (χ0) is 17.3. The summed E-state index contributed by atoms with van der Waals surface area (Å²) < 4.78 is 6.19. The average Bonchev–Trinajstić information content (AvgIpc) is 2.54. The van der Waals surface area contributed by atoms with Gasteiger partial charge in [-0.2, -0.15) is 0 Å². The summed E-state index contributed by atoms with van der Waals surface area (Å²) in [7, 11) is 0. The fraction of sp³-hybridized carbons (Fsp3) is 0.476. The van der Waals surface area contributed by atoms with Gasteiger partial charge in [0.1, 0.15) is 5.75 Å². The number of aromatic carboxylic acids is 1. The van der Waals surface area contributed by atoms with Crippen molar-refractivity contribution in [2.75, 3.05) is 0 Å². The second-order valence-corrected chi connectivity index (χ2v) is 7.99. The number of carboxylic acids is 1. The molecule has 1 aliphatic carbocycles. The molecule has 3 nitrogen and oxygen atoms in total. The molecule has 3 rings (SSSR count). The SMILES string of the molecule is CC(C)(C)[C@H]1CC[C@H](Oc2ccc3cc(C(=O)O)ccc3c2)CC1. The van der Waals surface area contributed by atoms with Crippen LogP contribution >= 0.6 is 0 Å². The molecule has 3 heteroatoms. The third-order valence-electron chi connectivity index (χ3n) is 5.26. The van der Waals surface area contributed by atoms with E-state index in [1.165, 1.54) is 12.8 Å². The highest BCUT2D eigenvalue weighted by atomic mass is 16.5. The molecule has 0 atom stereocenters. The zero-order valence-corrected chi connectivity index (χ0v) is 14.7. The van der Waals surface area contributed by atoms with Gasteiger partial charge < -0.3 is 9.84 Å². The molecule has 2 aromatic carbocycles. The lowest BCUT2D eigenvalue weighted by Gasteiger charge is -2.37. The largest absolute Gasteiger partial charge is 0.490 e. The maximum atomic E-state index is 11.0. The van der Waals surface area contributed by atoms with E-state index in [9.17, 15) is 4.79 Å². The molecule has 0 aliphatic heterocycles. The third kappa shape index (κ3) is 3.72. The molecule has 1 fully saturated rings. The average molecular weight is 326 g/mol. The lowest BCUT2D eigenvalue weighted by atomic mass is 9.72. The highest BCUT2D eigenvalue weighted by Crippen LogP contribution is 2.38. The van der Waals surface area contributed by atoms with Gasteiger partial charge in [-0.05, 0) is 72.1 Å². The minimum absolute atomic E-state index is 0.291. The Kier molecular flexibility index (Phi) is 4.53. The monoisotopic (exact) mass is 326 g/mol. The predicted molar refractivity (Wildman–Crippen MR) is 96.7 cm³/mol. The van der Waals surface area contributed by atoms with Gasteiger partial charge in [-0.3, -0.25) is 0 Å². The van der Waals surface area contributed by atoms with Gasteiger partial charge in [0.05, 0.1) is 11.7 Å². The van der Waals surface area contributed by atoms with E-state index in [0.717, 1.165) is 35.3 Å². The number of hydrogen-bond donors (Lipinski definition) is 1. The van der Waals surface area contributed by atoms with Crippen molar-refractivity contribution in [3.8, 4) is 5.75 Å². The van der Waals surface area contributed by atoms with Crippen LogP contribution in [0.1, 0.15) is 56.8 Å². The summed E-state index contributed by atoms with van der Waals surface area (Å²) in [5.41, 5.74) is 0.701. The van der Waals surface area contributed by atoms with Crippen LogP contribution in [0.4, 0.5) is 0 Å². The fourth-order valence-corrected chi connectivity index (χ4v) is 3.67. The van der Waals surface area contributed by atoms with Crippen LogP contribution < -0.4 is 4.74 Å². The van der Waals surface area contributed by atoms with E-state index >= 15 is 0 Å². The van der Waals surface area contributed by atoms with E-state index in [1.807, 2.05) is 24.3 Å². The Balaban J connectivity index is 1.68. The molecule has 1 N–H and O–H groups in total. The number of benzene rings is 2. The van der Waals surface area contributed by atoms with Crippen molar-refractivity contribution >= 4 is 16.7 Å². The molecule has 2 aromatic rings. The first-order valence-electron chi connectivity index (χ1n) is 8.77. The summed E-state index contributed by atoms with van der Waals surface area (Å²) in [5, 5.41) is 11.0. The lowest BCUT2D eigenvalue weighted by Crippen LogP contribution is -2.30. The highest BCUT2D eigenvalue weighted by molar-refractivity contribution is 5.94. The van der Waals surface area contributed by atoms with E-state index in [4.69, 9.17) is 9.84 Å². The van der Waals surface area contributed by atoms with Crippen molar-refractivity contribution < 1.29 is 14.6 Å². The smallest absolute Gasteiger partial charge is 0.335 e. The lowest BCUT2D eigenvalue weighted by molar-refractivity contribution is 0.0697. The summed E-state index contributed by atoms with van der Waals surface area (Å²) >= 11 is 0. The molecule has 0 radical (unpaired) electrons. The van der Waals surface area contributed by atoms with Crippen LogP contribution in [0.25, 0.3) is 10.8 Å². The second kappa shape index (κ2) is 6.46. The number of carboxylic acid groups (broad SMARTS) is 1. The van der Waals surface area contributed by atoms with Crippen molar-refractivity contribution in [1.29, 1.82) is 0 Å². The molecule has 0 spiro atoms. The summed E-state index contributed by atoms with van der Waals surface area (Å²) in [6, 6.07) is 11.1. The molecule has 1 saturated carbocycles. The minimum Gasteiger partial charge on any atom is -0.490 e. The number of rotatable bonds is 3. The number of carbonyl (C=O) groups is 1. The van der Waals surface area contributed by atoms with E-state index in [0.29, 0.717) is 17.1 Å². The second-order valence-electron chi connectivity index (χ2n) is 7.99. The Hall–Kier alpha value is -2.03. The van der Waals surface area contributed by atoms with E-state index in [1.54, 1.807) is 12.1 Å². The van der Waals surface area contributed by atoms with Crippen molar-refractivity contribution in [2.45, 2.75) is 52.6 Å². The molecule has 0 bridgehead atoms. The molecule has 0 amide bonds. The molecule has 0 unspecified atom stereocenters. The molecular weight excluding hydrogens is 300 g/mol. The Bertz CT molecular complexity index is 734. The summed E-state index contributed by atoms with van der Waals surface area (Å²) in [6.45, 7) is 6.98. The Morgan fingerprint density at radius 1 is 1.00 bits per heavy atom. The standard InChI is InChI=1S/C21H26O3/c1-21(2,3)17-7-10-18(11-8-17)24-19-9-6-14-12-16(20(22)23)5-4-15(14)13-19/h4-6,9,12-13,17-18H,7-8,10-11H2,1-3H3,(H,22,23)/t17-,18-. The van der Waals surface area contributed by atoms with Gasteiger partial charge in [0.25, 0.3) is 0 Å². The number of fused-ring (bicyclic) bond motifs is 1. The summed E-state index contributed by atoms with van der Waals surface area (Å²) in [6.07, 6.45) is 4.96. The summed E-state index contributed by atoms with van der Waals surface area (Å²) in [5.74, 6) is 0.765. The quantitative estimate of drug-likeness (QED) is 0.807. The van der Waals surface area contributed by atoms with Gasteiger partial charge in [0.15, 0.2) is 0 Å². The number of ether oxygens (including phenoxy) is 1. The Morgan fingerprint density at radius 2 is 1.62 bits per heavy atom. The summed E-state index contributed by atoms with van der Waals surface area (Å²) in [4.78, 5) is 11.0. The zero-order valence-electron chi connectivity index (χ0n) is 14.7. The molecule has 0 heterocycles. The van der Waals surface area contributed by atoms with Crippen LogP contribution in [0.2, 0.25) is 0 Å². The van der Waals surface area contributed by atoms with Crippen molar-refractivity contribution in [1.82, 2.24) is 0 Å². The molecule has 24 heavy (non-hydrogen) atoms. The van der Waals surface area contributed by atoms with Gasteiger partial charge in [0.2, 0.25) is 0 Å². The van der Waals surface area contributed by atoms with E-state index < -0.39 is 5.97 Å². The molecule has 0 saturated heterocycles. The minimum atomic E-state index is -0.896. The van der Waals surface area contributed by atoms with E-state index in [-0.39, 0.29) is 0 Å². The molecular formula is C21H26O3. The maximum Gasteiger partial charge on any atom is 0.335 e. The first kappa shape index (κ1) is 16.8. The normalized spacial score (nSPS) is 21.6. The Labute approximate surface area is 143 Å². The van der Waals surface area contributed by atoms with Crippen LogP contribution in [-0.2, 0) is 0 Å². The fourth-order valence-electron chi connectivity index (χ4n) is 3.67. The van der Waals surface area contributed by atoms with Crippen molar-refractivity contribution in [3.63, 3.8) is 0 Å². The van der Waals surface area contributed by atoms with Gasteiger partial charge in [0, 0.05) is 0 Å². The van der Waals surface area contributed by atoms with Crippen LogP contribution in [0.3, 0.4) is 0 Å². The van der Waals surface area contributed by atoms with Crippen LogP contribution in [-0.4, -0.2) is 17.2 Å². The first-order valence-corrected chi connectivity index (χ1v) is 8.77. The van der Waals surface area contributed by atoms with Crippen molar-refractivity contribution in [3.05, 3.63) is 42.0 Å². The van der Waals surface area contributed by atoms with Gasteiger partial charge >= 0.3 is 5.97 Å².